The van der Waals surface area contributed by atoms with Crippen molar-refractivity contribution in [3.63, 3.8) is 0 Å². The molecule has 0 radical (unpaired) electrons. The monoisotopic (exact) mass is 296 g/mol. The zero-order chi connectivity index (χ0) is 16.0. The molecule has 0 saturated heterocycles. The van der Waals surface area contributed by atoms with E-state index in [1.807, 2.05) is 27.7 Å². The van der Waals surface area contributed by atoms with Crippen LogP contribution in [0.2, 0.25) is 0 Å². The third-order valence-electron chi connectivity index (χ3n) is 3.23. The highest BCUT2D eigenvalue weighted by molar-refractivity contribution is 5.77. The number of amides is 1. The van der Waals surface area contributed by atoms with Crippen molar-refractivity contribution in [1.29, 1.82) is 0 Å². The van der Waals surface area contributed by atoms with Gasteiger partial charge in [-0.3, -0.25) is 4.79 Å². The van der Waals surface area contributed by atoms with Crippen molar-refractivity contribution < 1.29 is 13.9 Å². The Kier molecular flexibility index (Phi) is 6.62. The molecule has 0 atom stereocenters. The standard InChI is InChI=1S/C16H25FN2O2/c1-11(2)18-9-13-6-7-15(14(17)8-13)21-10-16(20)19(5)12(3)4/h6-8,11-12,18H,9-10H2,1-5H3. The van der Waals surface area contributed by atoms with Gasteiger partial charge < -0.3 is 15.0 Å². The number of benzene rings is 1. The minimum Gasteiger partial charge on any atom is -0.481 e. The molecule has 0 bridgehead atoms. The zero-order valence-corrected chi connectivity index (χ0v) is 13.4. The molecule has 0 aliphatic rings. The lowest BCUT2D eigenvalue weighted by Gasteiger charge is -2.21. The quantitative estimate of drug-likeness (QED) is 0.841. The number of carbonyl (C=O) groups excluding carboxylic acids is 1. The van der Waals surface area contributed by atoms with Crippen LogP contribution in [0.5, 0.6) is 5.75 Å². The van der Waals surface area contributed by atoms with Crippen LogP contribution in [0.15, 0.2) is 18.2 Å². The molecule has 21 heavy (non-hydrogen) atoms. The summed E-state index contributed by atoms with van der Waals surface area (Å²) in [5, 5.41) is 3.22. The Labute approximate surface area is 126 Å². The van der Waals surface area contributed by atoms with Crippen LogP contribution in [0.25, 0.3) is 0 Å². The Bertz CT molecular complexity index is 475. The normalized spacial score (nSPS) is 11.0. The number of nitrogens with zero attached hydrogens (tertiary/aromatic N) is 1. The third-order valence-corrected chi connectivity index (χ3v) is 3.23. The van der Waals surface area contributed by atoms with E-state index in [2.05, 4.69) is 5.32 Å². The van der Waals surface area contributed by atoms with Gasteiger partial charge in [0, 0.05) is 25.7 Å². The maximum absolute atomic E-state index is 13.9. The Balaban J connectivity index is 2.58. The summed E-state index contributed by atoms with van der Waals surface area (Å²) in [5.41, 5.74) is 0.846. The van der Waals surface area contributed by atoms with E-state index in [0.717, 1.165) is 5.56 Å². The molecule has 0 unspecified atom stereocenters. The molecule has 0 spiro atoms. The predicted molar refractivity (Wildman–Crippen MR) is 81.8 cm³/mol. The number of likely N-dealkylation sites (N-methyl/N-ethyl adjacent to an activating group) is 1. The zero-order valence-electron chi connectivity index (χ0n) is 13.4. The Morgan fingerprint density at radius 3 is 2.52 bits per heavy atom. The van der Waals surface area contributed by atoms with Crippen LogP contribution < -0.4 is 10.1 Å². The number of hydrogen-bond acceptors (Lipinski definition) is 3. The van der Waals surface area contributed by atoms with Gasteiger partial charge in [-0.25, -0.2) is 4.39 Å². The second-order valence-corrected chi connectivity index (χ2v) is 5.69. The van der Waals surface area contributed by atoms with Crippen LogP contribution in [0, 0.1) is 5.82 Å². The van der Waals surface area contributed by atoms with Gasteiger partial charge in [-0.15, -0.1) is 0 Å². The van der Waals surface area contributed by atoms with Crippen LogP contribution in [0.1, 0.15) is 33.3 Å². The largest absolute Gasteiger partial charge is 0.481 e. The van der Waals surface area contributed by atoms with Gasteiger partial charge in [-0.1, -0.05) is 19.9 Å². The summed E-state index contributed by atoms with van der Waals surface area (Å²) < 4.78 is 19.2. The number of carbonyl (C=O) groups is 1. The van der Waals surface area contributed by atoms with Crippen molar-refractivity contribution in [3.8, 4) is 5.75 Å². The average molecular weight is 296 g/mol. The van der Waals surface area contributed by atoms with E-state index in [-0.39, 0.29) is 24.3 Å². The molecule has 1 aromatic rings. The second-order valence-electron chi connectivity index (χ2n) is 5.69. The first kappa shape index (κ1) is 17.4. The summed E-state index contributed by atoms with van der Waals surface area (Å²) in [5.74, 6) is -0.512. The molecule has 0 aliphatic heterocycles. The van der Waals surface area contributed by atoms with Crippen molar-refractivity contribution in [1.82, 2.24) is 10.2 Å². The van der Waals surface area contributed by atoms with Gasteiger partial charge in [0.05, 0.1) is 0 Å². The molecule has 1 amide bonds. The van der Waals surface area contributed by atoms with Gasteiger partial charge in [0.2, 0.25) is 0 Å². The topological polar surface area (TPSA) is 41.6 Å². The highest BCUT2D eigenvalue weighted by Gasteiger charge is 2.14. The maximum atomic E-state index is 13.9. The van der Waals surface area contributed by atoms with Gasteiger partial charge in [-0.05, 0) is 31.5 Å². The van der Waals surface area contributed by atoms with Crippen molar-refractivity contribution >= 4 is 5.91 Å². The van der Waals surface area contributed by atoms with Crippen LogP contribution in [0.3, 0.4) is 0 Å². The molecule has 1 N–H and O–H groups in total. The Hall–Kier alpha value is -1.62. The molecule has 1 aromatic carbocycles. The lowest BCUT2D eigenvalue weighted by Crippen LogP contribution is -2.36. The molecular weight excluding hydrogens is 271 g/mol. The molecule has 118 valence electrons. The summed E-state index contributed by atoms with van der Waals surface area (Å²) in [4.78, 5) is 13.4. The van der Waals surface area contributed by atoms with Crippen LogP contribution in [-0.2, 0) is 11.3 Å². The van der Waals surface area contributed by atoms with Gasteiger partial charge in [-0.2, -0.15) is 0 Å². The highest BCUT2D eigenvalue weighted by Crippen LogP contribution is 2.18. The summed E-state index contributed by atoms with van der Waals surface area (Å²) >= 11 is 0. The molecule has 5 heteroatoms. The summed E-state index contributed by atoms with van der Waals surface area (Å²) in [7, 11) is 1.70. The smallest absolute Gasteiger partial charge is 0.260 e. The predicted octanol–water partition coefficient (Wildman–Crippen LogP) is 2.57. The van der Waals surface area contributed by atoms with Crippen molar-refractivity contribution in [2.75, 3.05) is 13.7 Å². The van der Waals surface area contributed by atoms with E-state index in [4.69, 9.17) is 4.74 Å². The highest BCUT2D eigenvalue weighted by atomic mass is 19.1. The van der Waals surface area contributed by atoms with E-state index in [0.29, 0.717) is 12.6 Å². The molecule has 0 saturated carbocycles. The summed E-state index contributed by atoms with van der Waals surface area (Å²) in [6.45, 7) is 8.33. The van der Waals surface area contributed by atoms with Crippen molar-refractivity contribution in [2.45, 2.75) is 46.3 Å². The first-order valence-corrected chi connectivity index (χ1v) is 7.21. The van der Waals surface area contributed by atoms with Crippen LogP contribution in [0.4, 0.5) is 4.39 Å². The number of ether oxygens (including phenoxy) is 1. The molecule has 0 aromatic heterocycles. The van der Waals surface area contributed by atoms with Gasteiger partial charge >= 0.3 is 0 Å². The SMILES string of the molecule is CC(C)NCc1ccc(OCC(=O)N(C)C(C)C)c(F)c1. The first-order valence-electron chi connectivity index (χ1n) is 7.21. The third kappa shape index (κ3) is 5.71. The molecular formula is C16H25FN2O2. The van der Waals surface area contributed by atoms with E-state index in [1.54, 1.807) is 24.1 Å². The van der Waals surface area contributed by atoms with Crippen LogP contribution in [-0.4, -0.2) is 36.5 Å². The first-order chi connectivity index (χ1) is 9.81. The Morgan fingerprint density at radius 2 is 2.00 bits per heavy atom. The Morgan fingerprint density at radius 1 is 1.33 bits per heavy atom. The van der Waals surface area contributed by atoms with E-state index >= 15 is 0 Å². The van der Waals surface area contributed by atoms with Crippen molar-refractivity contribution in [3.05, 3.63) is 29.6 Å². The van der Waals surface area contributed by atoms with E-state index in [1.165, 1.54) is 6.07 Å². The van der Waals surface area contributed by atoms with Crippen LogP contribution >= 0.6 is 0 Å². The lowest BCUT2D eigenvalue weighted by atomic mass is 10.2. The number of hydrogen-bond donors (Lipinski definition) is 1. The molecule has 0 heterocycles. The average Bonchev–Trinajstić information content (AvgIpc) is 2.42. The number of halogens is 1. The van der Waals surface area contributed by atoms with E-state index < -0.39 is 5.82 Å². The van der Waals surface area contributed by atoms with E-state index in [9.17, 15) is 9.18 Å². The van der Waals surface area contributed by atoms with Gasteiger partial charge in [0.25, 0.3) is 5.91 Å². The minimum atomic E-state index is -0.446. The molecule has 4 nitrogen and oxygen atoms in total. The summed E-state index contributed by atoms with van der Waals surface area (Å²) in [6.07, 6.45) is 0. The second kappa shape index (κ2) is 7.98. The lowest BCUT2D eigenvalue weighted by molar-refractivity contribution is -0.133. The van der Waals surface area contributed by atoms with Gasteiger partial charge in [0.1, 0.15) is 0 Å². The van der Waals surface area contributed by atoms with Gasteiger partial charge in [0.15, 0.2) is 18.2 Å². The molecule has 0 fully saturated rings. The fraction of sp³-hybridized carbons (Fsp3) is 0.562. The number of rotatable bonds is 7. The fourth-order valence-electron chi connectivity index (χ4n) is 1.62. The molecule has 0 aliphatic carbocycles. The summed E-state index contributed by atoms with van der Waals surface area (Å²) in [6, 6.07) is 5.23. The molecule has 1 rings (SSSR count). The van der Waals surface area contributed by atoms with Crippen molar-refractivity contribution in [2.24, 2.45) is 0 Å². The maximum Gasteiger partial charge on any atom is 0.260 e. The fourth-order valence-corrected chi connectivity index (χ4v) is 1.62. The minimum absolute atomic E-state index is 0.0930. The number of nitrogens with one attached hydrogen (secondary N) is 1.